The molecular formula is C14H21NO. The Bertz CT molecular complexity index is 321. The molecule has 1 aliphatic heterocycles. The van der Waals surface area contributed by atoms with Crippen molar-refractivity contribution in [2.45, 2.75) is 19.3 Å². The molecule has 88 valence electrons. The molecule has 2 unspecified atom stereocenters. The first kappa shape index (κ1) is 11.6. The molecule has 0 spiro atoms. The van der Waals surface area contributed by atoms with Gasteiger partial charge in [-0.1, -0.05) is 37.3 Å². The monoisotopic (exact) mass is 219 g/mol. The summed E-state index contributed by atoms with van der Waals surface area (Å²) in [5.74, 6) is 0.558. The van der Waals surface area contributed by atoms with Crippen molar-refractivity contribution >= 4 is 0 Å². The number of rotatable bonds is 3. The van der Waals surface area contributed by atoms with Crippen LogP contribution in [0.1, 0.15) is 24.8 Å². The summed E-state index contributed by atoms with van der Waals surface area (Å²) in [5.41, 5.74) is 1.69. The molecule has 0 radical (unpaired) electrons. The summed E-state index contributed by atoms with van der Waals surface area (Å²) < 4.78 is 5.41. The Kier molecular flexibility index (Phi) is 3.62. The first-order chi connectivity index (χ1) is 7.76. The van der Waals surface area contributed by atoms with Crippen molar-refractivity contribution in [1.29, 1.82) is 0 Å². The van der Waals surface area contributed by atoms with Crippen molar-refractivity contribution in [1.82, 2.24) is 5.32 Å². The molecule has 1 fully saturated rings. The minimum absolute atomic E-state index is 0.265. The van der Waals surface area contributed by atoms with Crippen molar-refractivity contribution < 1.29 is 4.74 Å². The standard InChI is InChI=1S/C14H21NO/c1-14(11-16-2)8-9-15-10-13(14)12-6-4-3-5-7-12/h3-7,13,15H,8-11H2,1-2H3. The van der Waals surface area contributed by atoms with Gasteiger partial charge >= 0.3 is 0 Å². The zero-order chi connectivity index (χ0) is 11.4. The summed E-state index contributed by atoms with van der Waals surface area (Å²) in [6.07, 6.45) is 1.18. The van der Waals surface area contributed by atoms with Crippen molar-refractivity contribution in [3.05, 3.63) is 35.9 Å². The summed E-state index contributed by atoms with van der Waals surface area (Å²) in [4.78, 5) is 0. The molecule has 0 bridgehead atoms. The lowest BCUT2D eigenvalue weighted by atomic mass is 9.70. The van der Waals surface area contributed by atoms with Gasteiger partial charge in [0.25, 0.3) is 0 Å². The zero-order valence-corrected chi connectivity index (χ0v) is 10.2. The van der Waals surface area contributed by atoms with E-state index in [2.05, 4.69) is 42.6 Å². The van der Waals surface area contributed by atoms with E-state index in [0.717, 1.165) is 19.7 Å². The van der Waals surface area contributed by atoms with Gasteiger partial charge in [0.2, 0.25) is 0 Å². The lowest BCUT2D eigenvalue weighted by Gasteiger charge is -2.41. The molecule has 1 aromatic carbocycles. The molecule has 0 aromatic heterocycles. The van der Waals surface area contributed by atoms with E-state index >= 15 is 0 Å². The first-order valence-corrected chi connectivity index (χ1v) is 6.01. The second-order valence-electron chi connectivity index (χ2n) is 5.00. The number of piperidine rings is 1. The number of methoxy groups -OCH3 is 1. The lowest BCUT2D eigenvalue weighted by Crippen LogP contribution is -2.44. The van der Waals surface area contributed by atoms with Crippen molar-refractivity contribution in [3.8, 4) is 0 Å². The maximum Gasteiger partial charge on any atom is 0.0522 e. The van der Waals surface area contributed by atoms with Crippen LogP contribution in [-0.4, -0.2) is 26.8 Å². The molecule has 16 heavy (non-hydrogen) atoms. The van der Waals surface area contributed by atoms with E-state index < -0.39 is 0 Å². The average molecular weight is 219 g/mol. The highest BCUT2D eigenvalue weighted by atomic mass is 16.5. The summed E-state index contributed by atoms with van der Waals surface area (Å²) in [6.45, 7) is 5.34. The normalized spacial score (nSPS) is 30.2. The van der Waals surface area contributed by atoms with E-state index in [1.54, 1.807) is 7.11 Å². The second-order valence-corrected chi connectivity index (χ2v) is 5.00. The van der Waals surface area contributed by atoms with Crippen LogP contribution in [-0.2, 0) is 4.74 Å². The van der Waals surface area contributed by atoms with Crippen LogP contribution in [0.4, 0.5) is 0 Å². The van der Waals surface area contributed by atoms with Crippen LogP contribution < -0.4 is 5.32 Å². The maximum atomic E-state index is 5.41. The van der Waals surface area contributed by atoms with Crippen LogP contribution in [0.15, 0.2) is 30.3 Å². The molecule has 1 aliphatic rings. The second kappa shape index (κ2) is 4.98. The quantitative estimate of drug-likeness (QED) is 0.843. The Hall–Kier alpha value is -0.860. The number of nitrogens with one attached hydrogen (secondary N) is 1. The number of benzene rings is 1. The summed E-state index contributed by atoms with van der Waals surface area (Å²) in [5, 5.41) is 3.49. The van der Waals surface area contributed by atoms with Crippen molar-refractivity contribution in [2.75, 3.05) is 26.8 Å². The third-order valence-corrected chi connectivity index (χ3v) is 3.74. The minimum atomic E-state index is 0.265. The van der Waals surface area contributed by atoms with Gasteiger partial charge in [-0.25, -0.2) is 0 Å². The van der Waals surface area contributed by atoms with Gasteiger partial charge in [-0.2, -0.15) is 0 Å². The molecule has 1 N–H and O–H groups in total. The Morgan fingerprint density at radius 2 is 2.12 bits per heavy atom. The number of hydrogen-bond acceptors (Lipinski definition) is 2. The highest BCUT2D eigenvalue weighted by Gasteiger charge is 2.37. The molecule has 0 saturated carbocycles. The third kappa shape index (κ3) is 2.28. The first-order valence-electron chi connectivity index (χ1n) is 6.01. The van der Waals surface area contributed by atoms with Crippen LogP contribution in [0, 0.1) is 5.41 Å². The molecule has 0 amide bonds. The number of ether oxygens (including phenoxy) is 1. The summed E-state index contributed by atoms with van der Waals surface area (Å²) in [7, 11) is 1.80. The van der Waals surface area contributed by atoms with Gasteiger partial charge in [0.05, 0.1) is 6.61 Å². The third-order valence-electron chi connectivity index (χ3n) is 3.74. The Balaban J connectivity index is 2.23. The molecule has 1 heterocycles. The summed E-state index contributed by atoms with van der Waals surface area (Å²) >= 11 is 0. The van der Waals surface area contributed by atoms with E-state index in [9.17, 15) is 0 Å². The van der Waals surface area contributed by atoms with E-state index in [1.165, 1.54) is 12.0 Å². The van der Waals surface area contributed by atoms with Gasteiger partial charge in [0, 0.05) is 25.0 Å². The topological polar surface area (TPSA) is 21.3 Å². The fraction of sp³-hybridized carbons (Fsp3) is 0.571. The fourth-order valence-electron chi connectivity index (χ4n) is 2.75. The lowest BCUT2D eigenvalue weighted by molar-refractivity contribution is 0.0509. The smallest absolute Gasteiger partial charge is 0.0522 e. The van der Waals surface area contributed by atoms with Crippen LogP contribution in [0.5, 0.6) is 0 Å². The average Bonchev–Trinajstić information content (AvgIpc) is 2.31. The molecule has 2 rings (SSSR count). The van der Waals surface area contributed by atoms with Crippen LogP contribution >= 0.6 is 0 Å². The maximum absolute atomic E-state index is 5.41. The molecule has 1 aromatic rings. The fourth-order valence-corrected chi connectivity index (χ4v) is 2.75. The molecule has 2 atom stereocenters. The van der Waals surface area contributed by atoms with Crippen LogP contribution in [0.3, 0.4) is 0 Å². The van der Waals surface area contributed by atoms with Gasteiger partial charge in [0.1, 0.15) is 0 Å². The molecule has 1 saturated heterocycles. The van der Waals surface area contributed by atoms with Crippen LogP contribution in [0.2, 0.25) is 0 Å². The summed E-state index contributed by atoms with van der Waals surface area (Å²) in [6, 6.07) is 10.8. The minimum Gasteiger partial charge on any atom is -0.384 e. The van der Waals surface area contributed by atoms with E-state index in [1.807, 2.05) is 0 Å². The van der Waals surface area contributed by atoms with Gasteiger partial charge in [-0.15, -0.1) is 0 Å². The van der Waals surface area contributed by atoms with E-state index in [0.29, 0.717) is 5.92 Å². The van der Waals surface area contributed by atoms with E-state index in [4.69, 9.17) is 4.74 Å². The highest BCUT2D eigenvalue weighted by molar-refractivity contribution is 5.23. The molecule has 0 aliphatic carbocycles. The zero-order valence-electron chi connectivity index (χ0n) is 10.2. The van der Waals surface area contributed by atoms with Gasteiger partial charge < -0.3 is 10.1 Å². The van der Waals surface area contributed by atoms with E-state index in [-0.39, 0.29) is 5.41 Å². The van der Waals surface area contributed by atoms with Gasteiger partial charge in [-0.3, -0.25) is 0 Å². The Morgan fingerprint density at radius 3 is 2.81 bits per heavy atom. The van der Waals surface area contributed by atoms with Gasteiger partial charge in [-0.05, 0) is 18.5 Å². The molecule has 2 nitrogen and oxygen atoms in total. The SMILES string of the molecule is COCC1(C)CCNCC1c1ccccc1. The molecule has 2 heteroatoms. The van der Waals surface area contributed by atoms with Crippen LogP contribution in [0.25, 0.3) is 0 Å². The van der Waals surface area contributed by atoms with Crippen molar-refractivity contribution in [2.24, 2.45) is 5.41 Å². The predicted octanol–water partition coefficient (Wildman–Crippen LogP) is 2.42. The van der Waals surface area contributed by atoms with Gasteiger partial charge in [0.15, 0.2) is 0 Å². The molecular weight excluding hydrogens is 198 g/mol. The predicted molar refractivity (Wildman–Crippen MR) is 66.7 cm³/mol. The number of hydrogen-bond donors (Lipinski definition) is 1. The Labute approximate surface area is 98.0 Å². The largest absolute Gasteiger partial charge is 0.384 e. The Morgan fingerprint density at radius 1 is 1.38 bits per heavy atom. The highest BCUT2D eigenvalue weighted by Crippen LogP contribution is 2.40. The van der Waals surface area contributed by atoms with Crippen molar-refractivity contribution in [3.63, 3.8) is 0 Å².